The largest absolute Gasteiger partial charge is 0.497 e. The number of methoxy groups -OCH3 is 1. The predicted octanol–water partition coefficient (Wildman–Crippen LogP) is 2.52. The molecule has 0 saturated heterocycles. The van der Waals surface area contributed by atoms with Crippen molar-refractivity contribution < 1.29 is 4.74 Å². The Kier molecular flexibility index (Phi) is 4.23. The maximum absolute atomic E-state index is 6.15. The lowest BCUT2D eigenvalue weighted by molar-refractivity contribution is 0.270. The summed E-state index contributed by atoms with van der Waals surface area (Å²) in [5.41, 5.74) is 9.08. The van der Waals surface area contributed by atoms with Crippen LogP contribution in [0.2, 0.25) is 0 Å². The van der Waals surface area contributed by atoms with Crippen molar-refractivity contribution in [2.45, 2.75) is 44.6 Å². The van der Waals surface area contributed by atoms with Crippen LogP contribution in [-0.2, 0) is 12.8 Å². The van der Waals surface area contributed by atoms with Crippen LogP contribution in [0.3, 0.4) is 0 Å². The van der Waals surface area contributed by atoms with Crippen molar-refractivity contribution in [3.63, 3.8) is 0 Å². The number of nitrogens with two attached hydrogens (primary N) is 1. The summed E-state index contributed by atoms with van der Waals surface area (Å²) >= 11 is 0. The van der Waals surface area contributed by atoms with Crippen molar-refractivity contribution in [1.82, 2.24) is 5.32 Å². The molecule has 3 N–H and O–H groups in total. The van der Waals surface area contributed by atoms with E-state index >= 15 is 0 Å². The molecule has 116 valence electrons. The fourth-order valence-corrected chi connectivity index (χ4v) is 3.57. The molecule has 0 radical (unpaired) electrons. The van der Waals surface area contributed by atoms with Gasteiger partial charge in [0.2, 0.25) is 0 Å². The van der Waals surface area contributed by atoms with Gasteiger partial charge in [0.1, 0.15) is 5.75 Å². The lowest BCUT2D eigenvalue weighted by atomic mass is 9.77. The van der Waals surface area contributed by atoms with E-state index in [1.165, 1.54) is 24.0 Å². The number of rotatable bonds is 6. The Bertz CT molecular complexity index is 498. The van der Waals surface area contributed by atoms with Gasteiger partial charge in [0.25, 0.3) is 0 Å². The summed E-state index contributed by atoms with van der Waals surface area (Å²) in [6.45, 7) is 4.18. The molecule has 2 atom stereocenters. The van der Waals surface area contributed by atoms with Crippen molar-refractivity contribution in [2.75, 3.05) is 20.2 Å². The number of ether oxygens (including phenoxy) is 1. The molecule has 2 aliphatic rings. The van der Waals surface area contributed by atoms with E-state index in [1.54, 1.807) is 7.11 Å². The first-order valence-electron chi connectivity index (χ1n) is 8.27. The standard InChI is InChI=1S/C18H28N2O/c1-13(14-3-4-14)11-20-18(12-19)8-7-15-5-6-17(21-2)9-16(15)10-18/h5-6,9,13-14,20H,3-4,7-8,10-12,19H2,1-2H3. The summed E-state index contributed by atoms with van der Waals surface area (Å²) in [4.78, 5) is 0. The third kappa shape index (κ3) is 3.24. The third-order valence-corrected chi connectivity index (χ3v) is 5.43. The van der Waals surface area contributed by atoms with Gasteiger partial charge in [-0.2, -0.15) is 0 Å². The number of hydrogen-bond donors (Lipinski definition) is 2. The van der Waals surface area contributed by atoms with Gasteiger partial charge in [0, 0.05) is 12.1 Å². The van der Waals surface area contributed by atoms with Gasteiger partial charge in [-0.1, -0.05) is 13.0 Å². The molecule has 1 fully saturated rings. The average Bonchev–Trinajstić information content (AvgIpc) is 3.36. The van der Waals surface area contributed by atoms with E-state index in [2.05, 4.69) is 30.4 Å². The minimum absolute atomic E-state index is 0.0719. The molecule has 0 aliphatic heterocycles. The number of fused-ring (bicyclic) bond motifs is 1. The Morgan fingerprint density at radius 3 is 2.86 bits per heavy atom. The summed E-state index contributed by atoms with van der Waals surface area (Å²) in [6, 6.07) is 6.46. The van der Waals surface area contributed by atoms with Crippen molar-refractivity contribution in [3.8, 4) is 5.75 Å². The normalized spacial score (nSPS) is 26.2. The van der Waals surface area contributed by atoms with Crippen molar-refractivity contribution >= 4 is 0 Å². The van der Waals surface area contributed by atoms with Gasteiger partial charge in [-0.15, -0.1) is 0 Å². The lowest BCUT2D eigenvalue weighted by Crippen LogP contribution is -2.56. The first-order chi connectivity index (χ1) is 10.2. The monoisotopic (exact) mass is 288 g/mol. The molecule has 2 unspecified atom stereocenters. The molecule has 2 aliphatic carbocycles. The van der Waals surface area contributed by atoms with Gasteiger partial charge in [-0.05, 0) is 73.7 Å². The fraction of sp³-hybridized carbons (Fsp3) is 0.667. The van der Waals surface area contributed by atoms with Crippen molar-refractivity contribution in [3.05, 3.63) is 29.3 Å². The highest BCUT2D eigenvalue weighted by atomic mass is 16.5. The zero-order valence-electron chi connectivity index (χ0n) is 13.3. The first-order valence-corrected chi connectivity index (χ1v) is 8.27. The van der Waals surface area contributed by atoms with Crippen LogP contribution in [0.1, 0.15) is 37.3 Å². The van der Waals surface area contributed by atoms with Crippen LogP contribution in [0, 0.1) is 11.8 Å². The molecule has 0 amide bonds. The zero-order chi connectivity index (χ0) is 14.9. The maximum atomic E-state index is 6.15. The van der Waals surface area contributed by atoms with E-state index in [0.717, 1.165) is 43.4 Å². The molecule has 1 saturated carbocycles. The Balaban J connectivity index is 1.70. The van der Waals surface area contributed by atoms with Crippen molar-refractivity contribution in [2.24, 2.45) is 17.6 Å². The quantitative estimate of drug-likeness (QED) is 0.845. The molecule has 1 aromatic rings. The predicted molar refractivity (Wildman–Crippen MR) is 86.7 cm³/mol. The Labute approximate surface area is 128 Å². The van der Waals surface area contributed by atoms with E-state index in [1.807, 2.05) is 0 Å². The summed E-state index contributed by atoms with van der Waals surface area (Å²) in [5, 5.41) is 3.82. The average molecular weight is 288 g/mol. The van der Waals surface area contributed by atoms with Crippen LogP contribution in [-0.4, -0.2) is 25.7 Å². The minimum atomic E-state index is 0.0719. The highest BCUT2D eigenvalue weighted by Gasteiger charge is 2.35. The molecule has 3 nitrogen and oxygen atoms in total. The van der Waals surface area contributed by atoms with Gasteiger partial charge in [-0.25, -0.2) is 0 Å². The second kappa shape index (κ2) is 5.98. The molecule has 3 heteroatoms. The highest BCUT2D eigenvalue weighted by Crippen LogP contribution is 2.37. The molecule has 0 spiro atoms. The van der Waals surface area contributed by atoms with E-state index in [9.17, 15) is 0 Å². The third-order valence-electron chi connectivity index (χ3n) is 5.43. The number of aryl methyl sites for hydroxylation is 1. The SMILES string of the molecule is COc1ccc2c(c1)CC(CN)(NCC(C)C1CC1)CC2. The van der Waals surface area contributed by atoms with Gasteiger partial charge in [-0.3, -0.25) is 0 Å². The molecule has 0 heterocycles. The Morgan fingerprint density at radius 1 is 1.38 bits per heavy atom. The lowest BCUT2D eigenvalue weighted by Gasteiger charge is -2.39. The second-order valence-electron chi connectivity index (χ2n) is 6.99. The minimum Gasteiger partial charge on any atom is -0.497 e. The molecule has 3 rings (SSSR count). The molecule has 0 aromatic heterocycles. The van der Waals surface area contributed by atoms with Crippen LogP contribution in [0.5, 0.6) is 5.75 Å². The van der Waals surface area contributed by atoms with Gasteiger partial charge in [0.15, 0.2) is 0 Å². The van der Waals surface area contributed by atoms with Crippen LogP contribution in [0.4, 0.5) is 0 Å². The topological polar surface area (TPSA) is 47.3 Å². The Morgan fingerprint density at radius 2 is 2.19 bits per heavy atom. The number of nitrogens with one attached hydrogen (secondary N) is 1. The van der Waals surface area contributed by atoms with Crippen LogP contribution >= 0.6 is 0 Å². The van der Waals surface area contributed by atoms with Gasteiger partial charge >= 0.3 is 0 Å². The van der Waals surface area contributed by atoms with Gasteiger partial charge in [0.05, 0.1) is 7.11 Å². The summed E-state index contributed by atoms with van der Waals surface area (Å²) < 4.78 is 5.37. The number of hydrogen-bond acceptors (Lipinski definition) is 3. The van der Waals surface area contributed by atoms with E-state index in [0.29, 0.717) is 6.54 Å². The molecular formula is C18H28N2O. The second-order valence-corrected chi connectivity index (χ2v) is 6.99. The molecule has 21 heavy (non-hydrogen) atoms. The molecule has 1 aromatic carbocycles. The van der Waals surface area contributed by atoms with Crippen molar-refractivity contribution in [1.29, 1.82) is 0 Å². The summed E-state index contributed by atoms with van der Waals surface area (Å²) in [7, 11) is 1.73. The van der Waals surface area contributed by atoms with E-state index in [4.69, 9.17) is 10.5 Å². The molecule has 0 bridgehead atoms. The van der Waals surface area contributed by atoms with E-state index in [-0.39, 0.29) is 5.54 Å². The molecular weight excluding hydrogens is 260 g/mol. The van der Waals surface area contributed by atoms with Crippen LogP contribution in [0.25, 0.3) is 0 Å². The fourth-order valence-electron chi connectivity index (χ4n) is 3.57. The maximum Gasteiger partial charge on any atom is 0.119 e. The highest BCUT2D eigenvalue weighted by molar-refractivity contribution is 5.39. The van der Waals surface area contributed by atoms with E-state index < -0.39 is 0 Å². The van der Waals surface area contributed by atoms with Gasteiger partial charge < -0.3 is 15.8 Å². The Hall–Kier alpha value is -1.06. The number of benzene rings is 1. The zero-order valence-corrected chi connectivity index (χ0v) is 13.3. The summed E-state index contributed by atoms with van der Waals surface area (Å²) in [5.74, 6) is 2.68. The van der Waals surface area contributed by atoms with Crippen LogP contribution < -0.4 is 15.8 Å². The van der Waals surface area contributed by atoms with Crippen LogP contribution in [0.15, 0.2) is 18.2 Å². The first kappa shape index (κ1) is 14.9. The summed E-state index contributed by atoms with van der Waals surface area (Å²) in [6.07, 6.45) is 6.10. The smallest absolute Gasteiger partial charge is 0.119 e.